The van der Waals surface area contributed by atoms with Crippen LogP contribution in [-0.4, -0.2) is 33.7 Å². The number of carbonyl (C=O) groups excluding carboxylic acids is 1. The molecule has 0 aliphatic heterocycles. The second-order valence-corrected chi connectivity index (χ2v) is 3.59. The maximum Gasteiger partial charge on any atom is 0.435 e. The first kappa shape index (κ1) is 16.2. The molecule has 1 heterocycles. The number of ether oxygens (including phenoxy) is 1. The SMILES string of the molecule is CCOC(=O)c1nnn(CCC(F)(F)F)c1C(F)(F)F. The summed E-state index contributed by atoms with van der Waals surface area (Å²) in [5.74, 6) is -1.39. The third kappa shape index (κ3) is 4.10. The van der Waals surface area contributed by atoms with Crippen molar-refractivity contribution in [1.29, 1.82) is 0 Å². The van der Waals surface area contributed by atoms with Gasteiger partial charge >= 0.3 is 18.3 Å². The molecule has 11 heteroatoms. The summed E-state index contributed by atoms with van der Waals surface area (Å²) in [7, 11) is 0. The van der Waals surface area contributed by atoms with E-state index in [-0.39, 0.29) is 11.3 Å². The van der Waals surface area contributed by atoms with E-state index in [0.29, 0.717) is 0 Å². The summed E-state index contributed by atoms with van der Waals surface area (Å²) in [6, 6.07) is 0. The fourth-order valence-electron chi connectivity index (χ4n) is 1.32. The van der Waals surface area contributed by atoms with E-state index >= 15 is 0 Å². The average molecular weight is 305 g/mol. The Labute approximate surface area is 108 Å². The zero-order chi connectivity index (χ0) is 15.6. The quantitative estimate of drug-likeness (QED) is 0.633. The first-order valence-electron chi connectivity index (χ1n) is 5.30. The maximum absolute atomic E-state index is 12.8. The Morgan fingerprint density at radius 1 is 1.25 bits per heavy atom. The smallest absolute Gasteiger partial charge is 0.435 e. The van der Waals surface area contributed by atoms with Gasteiger partial charge in [0.25, 0.3) is 0 Å². The van der Waals surface area contributed by atoms with Gasteiger partial charge in [0.05, 0.1) is 19.6 Å². The van der Waals surface area contributed by atoms with Gasteiger partial charge in [0.15, 0.2) is 5.69 Å². The molecule has 0 saturated carbocycles. The lowest BCUT2D eigenvalue weighted by atomic mass is 10.3. The minimum atomic E-state index is -5.07. The zero-order valence-corrected chi connectivity index (χ0v) is 10.0. The van der Waals surface area contributed by atoms with E-state index in [1.54, 1.807) is 0 Å². The molecule has 0 spiro atoms. The number of alkyl halides is 6. The lowest BCUT2D eigenvalue weighted by Crippen LogP contribution is -2.21. The summed E-state index contributed by atoms with van der Waals surface area (Å²) in [6.07, 6.45) is -11.3. The fraction of sp³-hybridized carbons (Fsp3) is 0.667. The van der Waals surface area contributed by atoms with Crippen LogP contribution in [0.4, 0.5) is 26.3 Å². The Kier molecular flexibility index (Phi) is 4.61. The van der Waals surface area contributed by atoms with Crippen LogP contribution in [0.3, 0.4) is 0 Å². The highest BCUT2D eigenvalue weighted by molar-refractivity contribution is 5.88. The van der Waals surface area contributed by atoms with Crippen LogP contribution >= 0.6 is 0 Å². The van der Waals surface area contributed by atoms with Crippen LogP contribution in [0.15, 0.2) is 0 Å². The monoisotopic (exact) mass is 305 g/mol. The second kappa shape index (κ2) is 5.67. The normalized spacial score (nSPS) is 12.6. The number of esters is 1. The fourth-order valence-corrected chi connectivity index (χ4v) is 1.32. The molecule has 114 valence electrons. The molecule has 0 aliphatic carbocycles. The molecule has 0 N–H and O–H groups in total. The van der Waals surface area contributed by atoms with Crippen LogP contribution in [0.1, 0.15) is 29.5 Å². The Hall–Kier alpha value is -1.81. The van der Waals surface area contributed by atoms with Crippen LogP contribution in [-0.2, 0) is 17.5 Å². The topological polar surface area (TPSA) is 57.0 Å². The predicted octanol–water partition coefficient (Wildman–Crippen LogP) is 2.43. The van der Waals surface area contributed by atoms with Crippen molar-refractivity contribution in [3.05, 3.63) is 11.4 Å². The van der Waals surface area contributed by atoms with E-state index in [2.05, 4.69) is 15.0 Å². The van der Waals surface area contributed by atoms with Crippen LogP contribution in [0.2, 0.25) is 0 Å². The number of halogens is 6. The molecule has 0 saturated heterocycles. The van der Waals surface area contributed by atoms with Crippen molar-refractivity contribution in [2.45, 2.75) is 32.2 Å². The van der Waals surface area contributed by atoms with Gasteiger partial charge in [0, 0.05) is 0 Å². The number of nitrogens with zero attached hydrogens (tertiary/aromatic N) is 3. The summed E-state index contributed by atoms with van der Waals surface area (Å²) in [6.45, 7) is 0.0650. The molecule has 0 bridgehead atoms. The molecule has 1 aromatic heterocycles. The van der Waals surface area contributed by atoms with E-state index in [4.69, 9.17) is 0 Å². The Morgan fingerprint density at radius 3 is 2.30 bits per heavy atom. The standard InChI is InChI=1S/C9H9F6N3O2/c1-2-20-7(19)5-6(9(13,14)15)18(17-16-5)4-3-8(10,11)12/h2-4H2,1H3. The highest BCUT2D eigenvalue weighted by atomic mass is 19.4. The number of rotatable bonds is 4. The molecule has 0 aromatic carbocycles. The molecule has 5 nitrogen and oxygen atoms in total. The predicted molar refractivity (Wildman–Crippen MR) is 51.7 cm³/mol. The number of hydrogen-bond donors (Lipinski definition) is 0. The number of aryl methyl sites for hydroxylation is 1. The van der Waals surface area contributed by atoms with Crippen molar-refractivity contribution >= 4 is 5.97 Å². The lowest BCUT2D eigenvalue weighted by molar-refractivity contribution is -0.151. The molecular weight excluding hydrogens is 296 g/mol. The number of carbonyl (C=O) groups is 1. The molecule has 0 aliphatic rings. The van der Waals surface area contributed by atoms with Crippen molar-refractivity contribution in [2.75, 3.05) is 6.61 Å². The van der Waals surface area contributed by atoms with Gasteiger partial charge in [0.1, 0.15) is 0 Å². The van der Waals surface area contributed by atoms with Gasteiger partial charge < -0.3 is 4.74 Å². The van der Waals surface area contributed by atoms with Crippen LogP contribution < -0.4 is 0 Å². The molecule has 0 amide bonds. The molecule has 0 unspecified atom stereocenters. The van der Waals surface area contributed by atoms with Gasteiger partial charge in [-0.15, -0.1) is 5.10 Å². The van der Waals surface area contributed by atoms with Crippen molar-refractivity contribution in [1.82, 2.24) is 15.0 Å². The first-order chi connectivity index (χ1) is 9.06. The first-order valence-corrected chi connectivity index (χ1v) is 5.30. The zero-order valence-electron chi connectivity index (χ0n) is 10.0. The van der Waals surface area contributed by atoms with E-state index < -0.39 is 42.7 Å². The van der Waals surface area contributed by atoms with Crippen LogP contribution in [0.25, 0.3) is 0 Å². The van der Waals surface area contributed by atoms with Crippen LogP contribution in [0, 0.1) is 0 Å². The second-order valence-electron chi connectivity index (χ2n) is 3.59. The van der Waals surface area contributed by atoms with Crippen molar-refractivity contribution < 1.29 is 35.9 Å². The minimum Gasteiger partial charge on any atom is -0.461 e. The summed E-state index contributed by atoms with van der Waals surface area (Å²) < 4.78 is 78.7. The van der Waals surface area contributed by atoms with E-state index in [9.17, 15) is 31.1 Å². The van der Waals surface area contributed by atoms with Gasteiger partial charge in [-0.3, -0.25) is 0 Å². The molecule has 1 aromatic rings. The van der Waals surface area contributed by atoms with Crippen LogP contribution in [0.5, 0.6) is 0 Å². The van der Waals surface area contributed by atoms with Gasteiger partial charge in [-0.25, -0.2) is 9.48 Å². The summed E-state index contributed by atoms with van der Waals surface area (Å²) >= 11 is 0. The number of aromatic nitrogens is 3. The Bertz CT molecular complexity index is 479. The third-order valence-corrected chi connectivity index (χ3v) is 2.08. The maximum atomic E-state index is 12.8. The number of hydrogen-bond acceptors (Lipinski definition) is 4. The third-order valence-electron chi connectivity index (χ3n) is 2.08. The summed E-state index contributed by atoms with van der Waals surface area (Å²) in [4.78, 5) is 11.3. The highest BCUT2D eigenvalue weighted by Gasteiger charge is 2.42. The molecule has 0 radical (unpaired) electrons. The molecule has 1 rings (SSSR count). The highest BCUT2D eigenvalue weighted by Crippen LogP contribution is 2.32. The van der Waals surface area contributed by atoms with Crippen molar-refractivity contribution in [3.8, 4) is 0 Å². The minimum absolute atomic E-state index is 0.000255. The van der Waals surface area contributed by atoms with E-state index in [0.717, 1.165) is 0 Å². The van der Waals surface area contributed by atoms with Gasteiger partial charge in [-0.2, -0.15) is 26.3 Å². The van der Waals surface area contributed by atoms with Gasteiger partial charge in [-0.1, -0.05) is 5.21 Å². The molecular formula is C9H9F6N3O2. The van der Waals surface area contributed by atoms with Gasteiger partial charge in [0.2, 0.25) is 5.69 Å². The van der Waals surface area contributed by atoms with Gasteiger partial charge in [-0.05, 0) is 6.92 Å². The molecule has 0 atom stereocenters. The summed E-state index contributed by atoms with van der Waals surface area (Å²) in [5.41, 5.74) is -2.80. The van der Waals surface area contributed by atoms with Crippen molar-refractivity contribution in [2.24, 2.45) is 0 Å². The summed E-state index contributed by atoms with van der Waals surface area (Å²) in [5, 5.41) is 5.89. The molecule has 0 fully saturated rings. The molecule has 20 heavy (non-hydrogen) atoms. The van der Waals surface area contributed by atoms with E-state index in [1.165, 1.54) is 6.92 Å². The lowest BCUT2D eigenvalue weighted by Gasteiger charge is -2.11. The Balaban J connectivity index is 3.10. The average Bonchev–Trinajstić information content (AvgIpc) is 2.69. The Morgan fingerprint density at radius 2 is 1.85 bits per heavy atom. The van der Waals surface area contributed by atoms with Crippen molar-refractivity contribution in [3.63, 3.8) is 0 Å². The largest absolute Gasteiger partial charge is 0.461 e. The van der Waals surface area contributed by atoms with E-state index in [1.807, 2.05) is 0 Å².